The van der Waals surface area contributed by atoms with Gasteiger partial charge in [-0.3, -0.25) is 4.21 Å². The molecule has 19 heavy (non-hydrogen) atoms. The predicted octanol–water partition coefficient (Wildman–Crippen LogP) is 4.65. The van der Waals surface area contributed by atoms with Crippen molar-refractivity contribution in [1.29, 1.82) is 0 Å². The lowest BCUT2D eigenvalue weighted by molar-refractivity contribution is 0.682. The van der Waals surface area contributed by atoms with Crippen molar-refractivity contribution < 1.29 is 4.21 Å². The molecule has 2 aromatic rings. The average Bonchev–Trinajstić information content (AvgIpc) is 2.35. The van der Waals surface area contributed by atoms with E-state index in [-0.39, 0.29) is 0 Å². The molecule has 6 heteroatoms. The molecule has 0 fully saturated rings. The summed E-state index contributed by atoms with van der Waals surface area (Å²) < 4.78 is 13.2. The van der Waals surface area contributed by atoms with E-state index >= 15 is 0 Å². The molecule has 0 aliphatic heterocycles. The number of rotatable bonds is 3. The zero-order valence-electron chi connectivity index (χ0n) is 9.70. The van der Waals surface area contributed by atoms with E-state index in [0.29, 0.717) is 26.4 Å². The van der Waals surface area contributed by atoms with Crippen LogP contribution in [0, 0.1) is 0 Å². The van der Waals surface area contributed by atoms with Crippen LogP contribution in [0.4, 0.5) is 5.69 Å². The molecule has 0 bridgehead atoms. The van der Waals surface area contributed by atoms with Crippen LogP contribution in [-0.2, 0) is 16.6 Å². The number of hydrogen-bond acceptors (Lipinski definition) is 2. The van der Waals surface area contributed by atoms with Crippen LogP contribution >= 0.6 is 39.1 Å². The maximum Gasteiger partial charge on any atom is 0.0763 e. The minimum atomic E-state index is -1.33. The highest BCUT2D eigenvalue weighted by Gasteiger charge is 2.15. The maximum atomic E-state index is 12.4. The van der Waals surface area contributed by atoms with Crippen molar-refractivity contribution in [2.24, 2.45) is 0 Å². The van der Waals surface area contributed by atoms with E-state index in [1.54, 1.807) is 24.3 Å². The van der Waals surface area contributed by atoms with Crippen molar-refractivity contribution in [2.45, 2.75) is 10.6 Å². The number of benzene rings is 2. The van der Waals surface area contributed by atoms with Gasteiger partial charge in [-0.15, -0.1) is 0 Å². The van der Waals surface area contributed by atoms with Crippen molar-refractivity contribution in [2.75, 3.05) is 5.73 Å². The van der Waals surface area contributed by atoms with E-state index in [4.69, 9.17) is 28.9 Å². The molecular weight excluding hydrogens is 369 g/mol. The largest absolute Gasteiger partial charge is 0.398 e. The topological polar surface area (TPSA) is 43.1 Å². The Morgan fingerprint density at radius 2 is 1.68 bits per heavy atom. The van der Waals surface area contributed by atoms with Gasteiger partial charge in [-0.05, 0) is 39.7 Å². The molecule has 2 nitrogen and oxygen atoms in total. The molecule has 1 atom stereocenters. The van der Waals surface area contributed by atoms with E-state index in [1.165, 1.54) is 0 Å². The molecular formula is C13H10BrCl2NOS. The van der Waals surface area contributed by atoms with Crippen molar-refractivity contribution in [1.82, 2.24) is 0 Å². The van der Waals surface area contributed by atoms with E-state index in [0.717, 1.165) is 10.0 Å². The molecule has 2 N–H and O–H groups in total. The van der Waals surface area contributed by atoms with Gasteiger partial charge < -0.3 is 5.73 Å². The van der Waals surface area contributed by atoms with Gasteiger partial charge in [0.05, 0.1) is 31.5 Å². The summed E-state index contributed by atoms with van der Waals surface area (Å²) in [6, 6.07) is 10.5. The first-order chi connectivity index (χ1) is 9.00. The van der Waals surface area contributed by atoms with Crippen molar-refractivity contribution in [3.05, 3.63) is 56.5 Å². The monoisotopic (exact) mass is 377 g/mol. The second-order valence-electron chi connectivity index (χ2n) is 3.86. The van der Waals surface area contributed by atoms with E-state index in [1.807, 2.05) is 12.1 Å². The van der Waals surface area contributed by atoms with Crippen LogP contribution in [-0.4, -0.2) is 4.21 Å². The summed E-state index contributed by atoms with van der Waals surface area (Å²) in [4.78, 5) is 0.458. The number of hydrogen-bond donors (Lipinski definition) is 1. The zero-order valence-corrected chi connectivity index (χ0v) is 13.6. The summed E-state index contributed by atoms with van der Waals surface area (Å²) in [6.45, 7) is 0. The van der Waals surface area contributed by atoms with Crippen LogP contribution in [0.15, 0.2) is 45.8 Å². The predicted molar refractivity (Wildman–Crippen MR) is 85.1 cm³/mol. The van der Waals surface area contributed by atoms with E-state index in [2.05, 4.69) is 15.9 Å². The van der Waals surface area contributed by atoms with Gasteiger partial charge in [-0.2, -0.15) is 0 Å². The lowest BCUT2D eigenvalue weighted by atomic mass is 10.2. The Morgan fingerprint density at radius 3 is 2.32 bits per heavy atom. The van der Waals surface area contributed by atoms with Crippen molar-refractivity contribution in [3.8, 4) is 0 Å². The normalized spacial score (nSPS) is 12.4. The molecule has 2 rings (SSSR count). The first-order valence-corrected chi connectivity index (χ1v) is 8.22. The van der Waals surface area contributed by atoms with E-state index < -0.39 is 10.8 Å². The summed E-state index contributed by atoms with van der Waals surface area (Å²) in [5, 5.41) is 0.816. The molecule has 0 amide bonds. The Labute approximate surface area is 132 Å². The standard InChI is InChI=1S/C13H10BrCl2NOS/c14-12-8(3-1-6-11(12)17)7-19(18)13-9(15)4-2-5-10(13)16/h1-6H,7,17H2. The number of nitrogens with two attached hydrogens (primary N) is 1. The van der Waals surface area contributed by atoms with Gasteiger partial charge in [0, 0.05) is 10.2 Å². The summed E-state index contributed by atoms with van der Waals surface area (Å²) in [6.07, 6.45) is 0. The van der Waals surface area contributed by atoms with Crippen LogP contribution in [0.25, 0.3) is 0 Å². The Hall–Kier alpha value is -0.550. The minimum Gasteiger partial charge on any atom is -0.398 e. The van der Waals surface area contributed by atoms with Gasteiger partial charge in [0.25, 0.3) is 0 Å². The highest BCUT2D eigenvalue weighted by Crippen LogP contribution is 2.31. The molecule has 0 aliphatic rings. The molecule has 1 unspecified atom stereocenters. The van der Waals surface area contributed by atoms with Gasteiger partial charge in [0.15, 0.2) is 0 Å². The fraction of sp³-hybridized carbons (Fsp3) is 0.0769. The molecule has 100 valence electrons. The Balaban J connectivity index is 2.34. The number of halogens is 3. The third kappa shape index (κ3) is 3.31. The maximum absolute atomic E-state index is 12.4. The molecule has 0 saturated heterocycles. The third-order valence-corrected chi connectivity index (χ3v) is 5.83. The van der Waals surface area contributed by atoms with E-state index in [9.17, 15) is 4.21 Å². The minimum absolute atomic E-state index is 0.301. The summed E-state index contributed by atoms with van der Waals surface area (Å²) in [5.41, 5.74) is 7.26. The molecule has 0 saturated carbocycles. The zero-order chi connectivity index (χ0) is 14.0. The fourth-order valence-corrected chi connectivity index (χ4v) is 4.37. The SMILES string of the molecule is Nc1cccc(CS(=O)c2c(Cl)cccc2Cl)c1Br. The summed E-state index contributed by atoms with van der Waals surface area (Å²) in [5.74, 6) is 0.301. The van der Waals surface area contributed by atoms with Gasteiger partial charge >= 0.3 is 0 Å². The Bertz CT molecular complexity index is 628. The molecule has 0 radical (unpaired) electrons. The second-order valence-corrected chi connectivity index (χ2v) is 6.86. The first-order valence-electron chi connectivity index (χ1n) is 5.36. The smallest absolute Gasteiger partial charge is 0.0763 e. The lowest BCUT2D eigenvalue weighted by Gasteiger charge is -2.09. The third-order valence-electron chi connectivity index (χ3n) is 2.54. The van der Waals surface area contributed by atoms with Crippen LogP contribution in [0.3, 0.4) is 0 Å². The van der Waals surface area contributed by atoms with Gasteiger partial charge in [0.2, 0.25) is 0 Å². The van der Waals surface area contributed by atoms with Gasteiger partial charge in [0.1, 0.15) is 0 Å². The van der Waals surface area contributed by atoms with Crippen molar-refractivity contribution >= 4 is 55.6 Å². The summed E-state index contributed by atoms with van der Waals surface area (Å²) >= 11 is 15.5. The van der Waals surface area contributed by atoms with Crippen LogP contribution in [0.2, 0.25) is 10.0 Å². The fourth-order valence-electron chi connectivity index (χ4n) is 1.62. The molecule has 0 spiro atoms. The molecule has 0 aliphatic carbocycles. The van der Waals surface area contributed by atoms with Crippen LogP contribution in [0.1, 0.15) is 5.56 Å². The highest BCUT2D eigenvalue weighted by atomic mass is 79.9. The average molecular weight is 379 g/mol. The first kappa shape index (κ1) is 14.9. The Morgan fingerprint density at radius 1 is 1.11 bits per heavy atom. The van der Waals surface area contributed by atoms with Crippen LogP contribution in [0.5, 0.6) is 0 Å². The molecule has 0 heterocycles. The molecule has 2 aromatic carbocycles. The van der Waals surface area contributed by atoms with Gasteiger partial charge in [-0.1, -0.05) is 41.4 Å². The Kier molecular flexibility index (Phi) is 4.90. The quantitative estimate of drug-likeness (QED) is 0.790. The number of nitrogen functional groups attached to an aromatic ring is 1. The second kappa shape index (κ2) is 6.27. The van der Waals surface area contributed by atoms with Crippen molar-refractivity contribution in [3.63, 3.8) is 0 Å². The molecule has 0 aromatic heterocycles. The van der Waals surface area contributed by atoms with Crippen LogP contribution < -0.4 is 5.73 Å². The highest BCUT2D eigenvalue weighted by molar-refractivity contribution is 9.10. The summed E-state index contributed by atoms with van der Waals surface area (Å²) in [7, 11) is -1.33. The number of anilines is 1. The van der Waals surface area contributed by atoms with Gasteiger partial charge in [-0.25, -0.2) is 0 Å². The lowest BCUT2D eigenvalue weighted by Crippen LogP contribution is -2.00.